The number of allylic oxidation sites excluding steroid dienone is 1. The summed E-state index contributed by atoms with van der Waals surface area (Å²) in [5.41, 5.74) is 0. The second-order valence-electron chi connectivity index (χ2n) is 8.76. The Morgan fingerprint density at radius 1 is 0.710 bits per heavy atom. The van der Waals surface area contributed by atoms with E-state index in [-0.39, 0.29) is 42.1 Å². The largest absolute Gasteiger partial charge is 1.00 e. The van der Waals surface area contributed by atoms with Crippen LogP contribution in [-0.2, 0) is 14.6 Å². The van der Waals surface area contributed by atoms with Crippen molar-refractivity contribution in [2.75, 3.05) is 6.61 Å². The maximum atomic E-state index is 10.8. The SMILES string of the molecule is CCCCCCC/C=C/C(CCCCCCCCCCCCCC)COS(=O)(=O)[O-].[Na+]. The zero-order valence-corrected chi connectivity index (χ0v) is 23.7. The number of hydrogen-bond donors (Lipinski definition) is 0. The van der Waals surface area contributed by atoms with E-state index in [2.05, 4.69) is 30.2 Å². The van der Waals surface area contributed by atoms with Crippen molar-refractivity contribution in [1.82, 2.24) is 0 Å². The molecule has 0 saturated carbocycles. The van der Waals surface area contributed by atoms with Gasteiger partial charge in [-0.2, -0.15) is 0 Å². The van der Waals surface area contributed by atoms with Crippen LogP contribution in [-0.4, -0.2) is 19.6 Å². The van der Waals surface area contributed by atoms with E-state index >= 15 is 0 Å². The van der Waals surface area contributed by atoms with E-state index in [0.29, 0.717) is 0 Å². The first-order valence-corrected chi connectivity index (χ1v) is 14.1. The van der Waals surface area contributed by atoms with Gasteiger partial charge in [-0.15, -0.1) is 0 Å². The standard InChI is InChI=1S/C25H50O4S.Na/c1-3-5-7-9-11-12-13-14-15-17-19-21-23-25(24-29-30(26,27)28)22-20-18-16-10-8-6-4-2;/h20,22,25H,3-19,21,23-24H2,1-2H3,(H,26,27,28);/q;+1/p-1/b22-20+;. The molecule has 0 amide bonds. The fourth-order valence-electron chi connectivity index (χ4n) is 3.81. The predicted molar refractivity (Wildman–Crippen MR) is 127 cm³/mol. The van der Waals surface area contributed by atoms with Crippen molar-refractivity contribution >= 4 is 10.4 Å². The maximum Gasteiger partial charge on any atom is 1.00 e. The summed E-state index contributed by atoms with van der Waals surface area (Å²) >= 11 is 0. The summed E-state index contributed by atoms with van der Waals surface area (Å²) in [6.45, 7) is 4.45. The molecule has 1 atom stereocenters. The van der Waals surface area contributed by atoms with Crippen LogP contribution in [0.25, 0.3) is 0 Å². The van der Waals surface area contributed by atoms with Gasteiger partial charge in [-0.1, -0.05) is 129 Å². The van der Waals surface area contributed by atoms with E-state index in [4.69, 9.17) is 0 Å². The summed E-state index contributed by atoms with van der Waals surface area (Å²) in [7, 11) is -4.60. The van der Waals surface area contributed by atoms with Crippen LogP contribution in [0, 0.1) is 5.92 Å². The molecule has 0 bridgehead atoms. The van der Waals surface area contributed by atoms with Crippen LogP contribution in [0.1, 0.15) is 136 Å². The van der Waals surface area contributed by atoms with E-state index in [1.807, 2.05) is 0 Å². The molecule has 180 valence electrons. The Morgan fingerprint density at radius 3 is 1.58 bits per heavy atom. The number of unbranched alkanes of at least 4 members (excludes halogenated alkanes) is 16. The van der Waals surface area contributed by atoms with Gasteiger partial charge < -0.3 is 4.55 Å². The average molecular weight is 469 g/mol. The Hall–Kier alpha value is 0.610. The quantitative estimate of drug-likeness (QED) is 0.0689. The second-order valence-corrected chi connectivity index (χ2v) is 9.81. The van der Waals surface area contributed by atoms with Crippen molar-refractivity contribution in [1.29, 1.82) is 0 Å². The van der Waals surface area contributed by atoms with Gasteiger partial charge in [-0.25, -0.2) is 8.42 Å². The fourth-order valence-corrected chi connectivity index (χ4v) is 4.15. The van der Waals surface area contributed by atoms with Gasteiger partial charge in [-0.05, 0) is 19.3 Å². The second kappa shape index (κ2) is 25.2. The Kier molecular flexibility index (Phi) is 27.5. The predicted octanol–water partition coefficient (Wildman–Crippen LogP) is 5.09. The van der Waals surface area contributed by atoms with E-state index in [0.717, 1.165) is 19.3 Å². The molecule has 0 rings (SSSR count). The molecule has 0 heterocycles. The molecule has 0 aromatic carbocycles. The van der Waals surface area contributed by atoms with Crippen molar-refractivity contribution in [3.63, 3.8) is 0 Å². The zero-order chi connectivity index (χ0) is 22.3. The molecule has 0 spiro atoms. The zero-order valence-electron chi connectivity index (χ0n) is 20.9. The van der Waals surface area contributed by atoms with Crippen LogP contribution in [0.15, 0.2) is 12.2 Å². The smallest absolute Gasteiger partial charge is 0.726 e. The average Bonchev–Trinajstić information content (AvgIpc) is 2.70. The van der Waals surface area contributed by atoms with Crippen molar-refractivity contribution in [2.45, 2.75) is 136 Å². The minimum atomic E-state index is -4.60. The van der Waals surface area contributed by atoms with Gasteiger partial charge in [0.25, 0.3) is 0 Å². The minimum absolute atomic E-state index is 0. The Bertz CT molecular complexity index is 480. The first-order chi connectivity index (χ1) is 14.5. The van der Waals surface area contributed by atoms with Crippen LogP contribution in [0.5, 0.6) is 0 Å². The summed E-state index contributed by atoms with van der Waals surface area (Å²) in [5, 5.41) is 0. The molecule has 31 heavy (non-hydrogen) atoms. The molecule has 0 aliphatic heterocycles. The molecule has 0 aliphatic carbocycles. The Morgan fingerprint density at radius 2 is 1.13 bits per heavy atom. The monoisotopic (exact) mass is 468 g/mol. The van der Waals surface area contributed by atoms with Crippen LogP contribution in [0.3, 0.4) is 0 Å². The topological polar surface area (TPSA) is 66.4 Å². The summed E-state index contributed by atoms with van der Waals surface area (Å²) in [5.74, 6) is 0.0208. The van der Waals surface area contributed by atoms with Crippen LogP contribution >= 0.6 is 0 Å². The molecule has 0 aromatic rings. The van der Waals surface area contributed by atoms with Crippen LogP contribution in [0.4, 0.5) is 0 Å². The fraction of sp³-hybridized carbons (Fsp3) is 0.920. The van der Waals surface area contributed by atoms with Gasteiger partial charge in [0, 0.05) is 5.92 Å². The summed E-state index contributed by atoms with van der Waals surface area (Å²) < 4.78 is 36.9. The maximum absolute atomic E-state index is 10.8. The summed E-state index contributed by atoms with van der Waals surface area (Å²) in [4.78, 5) is 0. The molecule has 0 aromatic heterocycles. The third-order valence-corrected chi connectivity index (χ3v) is 6.16. The molecule has 0 aliphatic rings. The Labute approximate surface area is 216 Å². The van der Waals surface area contributed by atoms with Gasteiger partial charge >= 0.3 is 29.6 Å². The van der Waals surface area contributed by atoms with Gasteiger partial charge in [0.1, 0.15) is 0 Å². The molecular weight excluding hydrogens is 419 g/mol. The van der Waals surface area contributed by atoms with Crippen molar-refractivity contribution in [3.8, 4) is 0 Å². The number of hydrogen-bond acceptors (Lipinski definition) is 4. The normalized spacial score (nSPS) is 12.9. The summed E-state index contributed by atoms with van der Waals surface area (Å²) in [6, 6.07) is 0. The minimum Gasteiger partial charge on any atom is -0.726 e. The Balaban J connectivity index is 0. The summed E-state index contributed by atoms with van der Waals surface area (Å²) in [6.07, 6.45) is 28.0. The molecule has 0 saturated heterocycles. The number of rotatable bonds is 23. The van der Waals surface area contributed by atoms with Crippen molar-refractivity contribution in [3.05, 3.63) is 12.2 Å². The first kappa shape index (κ1) is 33.8. The van der Waals surface area contributed by atoms with E-state index in [9.17, 15) is 13.0 Å². The molecule has 4 nitrogen and oxygen atoms in total. The molecule has 6 heteroatoms. The molecule has 1 unspecified atom stereocenters. The van der Waals surface area contributed by atoms with Crippen molar-refractivity contribution < 1.29 is 46.7 Å². The third kappa shape index (κ3) is 28.6. The van der Waals surface area contributed by atoms with E-state index < -0.39 is 10.4 Å². The first-order valence-electron chi connectivity index (χ1n) is 12.8. The van der Waals surface area contributed by atoms with Gasteiger partial charge in [0.05, 0.1) is 6.61 Å². The van der Waals surface area contributed by atoms with Crippen molar-refractivity contribution in [2.24, 2.45) is 5.92 Å². The van der Waals surface area contributed by atoms with E-state index in [1.165, 1.54) is 103 Å². The van der Waals surface area contributed by atoms with Crippen LogP contribution < -0.4 is 29.6 Å². The van der Waals surface area contributed by atoms with Crippen LogP contribution in [0.2, 0.25) is 0 Å². The van der Waals surface area contributed by atoms with E-state index in [1.54, 1.807) is 0 Å². The molecular formula is C25H49NaO4S. The third-order valence-electron chi connectivity index (χ3n) is 5.74. The molecule has 0 radical (unpaired) electrons. The van der Waals surface area contributed by atoms with Gasteiger partial charge in [-0.3, -0.25) is 4.18 Å². The molecule has 0 fully saturated rings. The van der Waals surface area contributed by atoms with Gasteiger partial charge in [0.2, 0.25) is 10.4 Å². The van der Waals surface area contributed by atoms with Gasteiger partial charge in [0.15, 0.2) is 0 Å². The molecule has 0 N–H and O–H groups in total.